The first-order valence-electron chi connectivity index (χ1n) is 21.2. The van der Waals surface area contributed by atoms with E-state index in [1.165, 1.54) is 0 Å². The van der Waals surface area contributed by atoms with Crippen molar-refractivity contribution in [2.24, 2.45) is 5.73 Å². The molecule has 0 bridgehead atoms. The van der Waals surface area contributed by atoms with E-state index in [2.05, 4.69) is 19.6 Å². The Morgan fingerprint density at radius 2 is 0.944 bits per heavy atom. The molecule has 0 spiro atoms. The molecule has 2 aromatic heterocycles. The fourth-order valence-corrected chi connectivity index (χ4v) is 9.86. The number of hydrogen-bond donors (Lipinski definition) is 4. The third kappa shape index (κ3) is 11.3. The zero-order valence-electron chi connectivity index (χ0n) is 36.5. The van der Waals surface area contributed by atoms with Gasteiger partial charge in [0.2, 0.25) is 10.0 Å². The monoisotopic (exact) mass is 1050 g/mol. The SMILES string of the molecule is N[C@@H]1COC[C@H](N2c3ccccc3Oc3ccccc32)[C@H]1O.O=S(=O)(Cl)c1ccc(C(F)(F)F)nc1.O=S(=O)(N[C@@H]1COC[C@H](N2c3ccccc3Oc3ccccc32)[C@H]1O)c1ccc(C(F)(F)F)nc1. The van der Waals surface area contributed by atoms with Crippen LogP contribution < -0.4 is 29.7 Å². The van der Waals surface area contributed by atoms with E-state index in [-0.39, 0.29) is 25.3 Å². The van der Waals surface area contributed by atoms with Crippen LogP contribution in [0.15, 0.2) is 144 Å². The number of anilines is 4. The van der Waals surface area contributed by atoms with Gasteiger partial charge in [-0.25, -0.2) is 21.6 Å². The molecule has 0 saturated carbocycles. The predicted octanol–water partition coefficient (Wildman–Crippen LogP) is 7.50. The lowest BCUT2D eigenvalue weighted by Gasteiger charge is -2.44. The molecule has 376 valence electrons. The maximum Gasteiger partial charge on any atom is 0.433 e. The molecular formula is C46H41ClF6N6O10S2. The molecule has 2 fully saturated rings. The van der Waals surface area contributed by atoms with E-state index < -0.39 is 76.9 Å². The van der Waals surface area contributed by atoms with Crippen LogP contribution in [-0.4, -0.2) is 99.8 Å². The molecule has 6 heterocycles. The Balaban J connectivity index is 0.000000159. The fourth-order valence-electron chi connectivity index (χ4n) is 7.99. The van der Waals surface area contributed by atoms with E-state index in [9.17, 15) is 53.4 Å². The Bertz CT molecular complexity index is 2980. The second-order valence-corrected chi connectivity index (χ2v) is 20.4. The number of alkyl halides is 6. The van der Waals surface area contributed by atoms with E-state index in [0.29, 0.717) is 60.6 Å². The van der Waals surface area contributed by atoms with Gasteiger partial charge in [0.05, 0.1) is 85.6 Å². The summed E-state index contributed by atoms with van der Waals surface area (Å²) in [4.78, 5) is 9.14. The highest BCUT2D eigenvalue weighted by Gasteiger charge is 2.43. The highest BCUT2D eigenvalue weighted by Crippen LogP contribution is 2.49. The van der Waals surface area contributed by atoms with Gasteiger partial charge in [0.1, 0.15) is 21.2 Å². The number of nitrogens with one attached hydrogen (secondary N) is 1. The van der Waals surface area contributed by atoms with Gasteiger partial charge in [-0.15, -0.1) is 0 Å². The maximum atomic E-state index is 12.9. The minimum atomic E-state index is -4.69. The van der Waals surface area contributed by atoms with E-state index in [1.807, 2.05) is 89.8 Å². The summed E-state index contributed by atoms with van der Waals surface area (Å²) in [5.41, 5.74) is 6.80. The van der Waals surface area contributed by atoms with Gasteiger partial charge in [-0.1, -0.05) is 48.5 Å². The summed E-state index contributed by atoms with van der Waals surface area (Å²) in [6.07, 6.45) is -9.97. The van der Waals surface area contributed by atoms with Crippen LogP contribution in [0.1, 0.15) is 11.4 Å². The average molecular weight is 1050 g/mol. The Hall–Kier alpha value is -6.09. The third-order valence-electron chi connectivity index (χ3n) is 11.4. The number of benzene rings is 4. The number of sulfonamides is 1. The van der Waals surface area contributed by atoms with Crippen molar-refractivity contribution in [2.45, 2.75) is 58.5 Å². The number of rotatable bonds is 6. The molecule has 5 N–H and O–H groups in total. The predicted molar refractivity (Wildman–Crippen MR) is 245 cm³/mol. The molecule has 2 saturated heterocycles. The molecule has 16 nitrogen and oxygen atoms in total. The van der Waals surface area contributed by atoms with Crippen molar-refractivity contribution in [3.05, 3.63) is 145 Å². The number of aliphatic hydroxyl groups excluding tert-OH is 2. The van der Waals surface area contributed by atoms with Gasteiger partial charge in [0, 0.05) is 23.1 Å². The van der Waals surface area contributed by atoms with E-state index >= 15 is 0 Å². The number of hydrogen-bond acceptors (Lipinski definition) is 15. The number of nitrogens with two attached hydrogens (primary N) is 1. The Labute approximate surface area is 406 Å². The number of halogens is 7. The normalized spacial score (nSPS) is 21.8. The molecule has 4 aliphatic rings. The zero-order valence-corrected chi connectivity index (χ0v) is 38.9. The van der Waals surface area contributed by atoms with Crippen LogP contribution in [0.25, 0.3) is 0 Å². The summed E-state index contributed by atoms with van der Waals surface area (Å²) >= 11 is 0. The lowest BCUT2D eigenvalue weighted by atomic mass is 9.98. The lowest BCUT2D eigenvalue weighted by molar-refractivity contribution is -0.142. The van der Waals surface area contributed by atoms with Crippen molar-refractivity contribution in [1.29, 1.82) is 0 Å². The molecule has 0 amide bonds. The Kier molecular flexibility index (Phi) is 14.8. The van der Waals surface area contributed by atoms with Gasteiger partial charge >= 0.3 is 12.4 Å². The highest BCUT2D eigenvalue weighted by atomic mass is 35.7. The first kappa shape index (κ1) is 51.3. The fraction of sp³-hybridized carbons (Fsp3) is 0.261. The van der Waals surface area contributed by atoms with Crippen molar-refractivity contribution < 1.29 is 72.3 Å². The maximum absolute atomic E-state index is 12.9. The van der Waals surface area contributed by atoms with Crippen LogP contribution in [0.2, 0.25) is 0 Å². The van der Waals surface area contributed by atoms with Gasteiger partial charge in [-0.2, -0.15) is 26.3 Å². The minimum absolute atomic E-state index is 0.101. The number of aliphatic hydroxyl groups is 2. The smallest absolute Gasteiger partial charge is 0.433 e. The zero-order chi connectivity index (χ0) is 50.9. The van der Waals surface area contributed by atoms with E-state index in [4.69, 9.17) is 35.4 Å². The number of aromatic nitrogens is 2. The topological polar surface area (TPSA) is 216 Å². The van der Waals surface area contributed by atoms with E-state index in [1.54, 1.807) is 12.1 Å². The minimum Gasteiger partial charge on any atom is -0.453 e. The third-order valence-corrected chi connectivity index (χ3v) is 14.2. The molecule has 71 heavy (non-hydrogen) atoms. The van der Waals surface area contributed by atoms with Crippen molar-refractivity contribution in [3.8, 4) is 23.0 Å². The summed E-state index contributed by atoms with van der Waals surface area (Å²) in [5.74, 6) is 2.67. The molecule has 0 unspecified atom stereocenters. The quantitative estimate of drug-likeness (QED) is 0.0939. The molecule has 6 aromatic rings. The van der Waals surface area contributed by atoms with Crippen LogP contribution in [0.4, 0.5) is 49.1 Å². The number of pyridine rings is 2. The van der Waals surface area contributed by atoms with Gasteiger partial charge in [0.25, 0.3) is 9.05 Å². The van der Waals surface area contributed by atoms with Crippen molar-refractivity contribution in [1.82, 2.24) is 14.7 Å². The molecule has 4 aromatic carbocycles. The molecule has 4 aliphatic heterocycles. The lowest BCUT2D eigenvalue weighted by Crippen LogP contribution is -2.60. The van der Waals surface area contributed by atoms with Crippen LogP contribution in [0.3, 0.4) is 0 Å². The summed E-state index contributed by atoms with van der Waals surface area (Å²) in [6.45, 7) is 0.783. The van der Waals surface area contributed by atoms with Crippen molar-refractivity contribution in [3.63, 3.8) is 0 Å². The second kappa shape index (κ2) is 20.6. The highest BCUT2D eigenvalue weighted by molar-refractivity contribution is 8.13. The van der Waals surface area contributed by atoms with Crippen molar-refractivity contribution in [2.75, 3.05) is 36.2 Å². The Morgan fingerprint density at radius 3 is 1.32 bits per heavy atom. The molecule has 0 radical (unpaired) electrons. The summed E-state index contributed by atoms with van der Waals surface area (Å²) in [6, 6.07) is 30.4. The standard InChI is InChI=1S/C23H20F3N3O5S.C17H18N2O3.C6H3ClF3NO2S/c24-23(25,26)21-10-9-14(11-27-21)35(31,32)28-15-12-33-13-18(22(15)30)29-16-5-1-3-7-19(16)34-20-8-4-2-6-17(20)29;18-11-9-21-10-14(17(11)20)19-12-5-1-3-7-15(12)22-16-8-4-2-6-13(16)19;7-14(12,13)4-1-2-5(11-3-4)6(8,9)10/h1-11,15,18,22,28,30H,12-13H2;1-8,11,14,17,20H,9-10,18H2;1-3H/t15-,18+,22+;11-,14+,17+;/m11./s1. The second-order valence-electron chi connectivity index (χ2n) is 16.1. The average Bonchev–Trinajstić information content (AvgIpc) is 3.34. The summed E-state index contributed by atoms with van der Waals surface area (Å²) in [5, 5.41) is 21.8. The number of para-hydroxylation sites is 8. The first-order valence-corrected chi connectivity index (χ1v) is 25.0. The molecule has 0 aliphatic carbocycles. The van der Waals surface area contributed by atoms with E-state index in [0.717, 1.165) is 35.0 Å². The number of fused-ring (bicyclic) bond motifs is 4. The van der Waals surface area contributed by atoms with Gasteiger partial charge in [-0.3, -0.25) is 9.97 Å². The molecular weight excluding hydrogens is 1010 g/mol. The van der Waals surface area contributed by atoms with Crippen LogP contribution in [-0.2, 0) is 40.9 Å². The largest absolute Gasteiger partial charge is 0.453 e. The molecule has 10 rings (SSSR count). The first-order chi connectivity index (χ1) is 33.6. The van der Waals surface area contributed by atoms with Crippen LogP contribution in [0, 0.1) is 0 Å². The summed E-state index contributed by atoms with van der Waals surface area (Å²) in [7, 11) is -3.44. The Morgan fingerprint density at radius 1 is 0.563 bits per heavy atom. The molecule has 6 atom stereocenters. The number of ether oxygens (including phenoxy) is 4. The van der Waals surface area contributed by atoms with Crippen LogP contribution in [0.5, 0.6) is 23.0 Å². The number of nitrogens with zero attached hydrogens (tertiary/aromatic N) is 4. The van der Waals surface area contributed by atoms with Gasteiger partial charge < -0.3 is 44.7 Å². The van der Waals surface area contributed by atoms with Gasteiger partial charge in [-0.05, 0) is 72.8 Å². The van der Waals surface area contributed by atoms with Gasteiger partial charge in [0.15, 0.2) is 23.0 Å². The van der Waals surface area contributed by atoms with Crippen molar-refractivity contribution >= 4 is 52.5 Å². The summed E-state index contributed by atoms with van der Waals surface area (Å²) < 4.78 is 147. The molecule has 25 heteroatoms. The van der Waals surface area contributed by atoms with Crippen LogP contribution >= 0.6 is 10.7 Å².